The Bertz CT molecular complexity index is 658. The lowest BCUT2D eigenvalue weighted by Crippen LogP contribution is -2.27. The molecule has 4 heteroatoms. The summed E-state index contributed by atoms with van der Waals surface area (Å²) in [5.74, 6) is 2.12. The van der Waals surface area contributed by atoms with Crippen LogP contribution in [-0.4, -0.2) is 11.7 Å². The summed E-state index contributed by atoms with van der Waals surface area (Å²) in [7, 11) is 0. The van der Waals surface area contributed by atoms with Crippen LogP contribution >= 0.6 is 0 Å². The molecule has 0 saturated heterocycles. The molecule has 0 saturated carbocycles. The maximum absolute atomic E-state index is 12.0. The highest BCUT2D eigenvalue weighted by Crippen LogP contribution is 2.30. The van der Waals surface area contributed by atoms with Crippen molar-refractivity contribution in [3.63, 3.8) is 0 Å². The summed E-state index contributed by atoms with van der Waals surface area (Å²) >= 11 is 0. The van der Waals surface area contributed by atoms with Crippen LogP contribution in [0.2, 0.25) is 0 Å². The third kappa shape index (κ3) is 4.88. The smallest absolute Gasteiger partial charge is 0.412 e. The minimum Gasteiger partial charge on any atom is -0.461 e. The highest BCUT2D eigenvalue weighted by atomic mass is 16.6. The normalized spacial score (nSPS) is 17.2. The van der Waals surface area contributed by atoms with Gasteiger partial charge >= 0.3 is 6.09 Å². The summed E-state index contributed by atoms with van der Waals surface area (Å²) in [6.45, 7) is 11.6. The van der Waals surface area contributed by atoms with Crippen LogP contribution in [0.3, 0.4) is 0 Å². The lowest BCUT2D eigenvalue weighted by molar-refractivity contribution is 0.0635. The van der Waals surface area contributed by atoms with E-state index >= 15 is 0 Å². The molecule has 1 N–H and O–H groups in total. The van der Waals surface area contributed by atoms with Crippen molar-refractivity contribution in [3.8, 4) is 5.75 Å². The third-order valence-corrected chi connectivity index (χ3v) is 3.74. The molecule has 4 nitrogen and oxygen atoms in total. The fraction of sp³-hybridized carbons (Fsp3) is 0.450. The molecule has 2 rings (SSSR count). The molecule has 0 spiro atoms. The molecule has 1 amide bonds. The van der Waals surface area contributed by atoms with Crippen LogP contribution in [0.1, 0.15) is 45.2 Å². The van der Waals surface area contributed by atoms with Crippen molar-refractivity contribution >= 4 is 11.8 Å². The highest BCUT2D eigenvalue weighted by Gasteiger charge is 2.18. The van der Waals surface area contributed by atoms with Crippen molar-refractivity contribution in [2.75, 3.05) is 5.32 Å². The van der Waals surface area contributed by atoms with Gasteiger partial charge in [-0.25, -0.2) is 4.79 Å². The summed E-state index contributed by atoms with van der Waals surface area (Å²) < 4.78 is 11.4. The summed E-state index contributed by atoms with van der Waals surface area (Å²) in [6.07, 6.45) is 6.71. The quantitative estimate of drug-likeness (QED) is 0.795. The number of benzene rings is 1. The SMILES string of the molecule is Cc1cc(OC2=CC=CCC2C)cc(C)c1NC(=O)OC(C)(C)C. The molecular formula is C20H27NO3. The first-order valence-electron chi connectivity index (χ1n) is 8.31. The van der Waals surface area contributed by atoms with Crippen LogP contribution in [-0.2, 0) is 4.74 Å². The number of carbonyl (C=O) groups excluding carboxylic acids is 1. The van der Waals surface area contributed by atoms with Crippen LogP contribution < -0.4 is 10.1 Å². The standard InChI is InChI=1S/C20H27NO3/c1-13-9-7-8-10-17(13)23-16-11-14(2)18(15(3)12-16)21-19(22)24-20(4,5)6/h7-8,10-13H,9H2,1-6H3,(H,21,22). The molecule has 0 radical (unpaired) electrons. The van der Waals surface area contributed by atoms with Crippen LogP contribution in [0, 0.1) is 19.8 Å². The maximum atomic E-state index is 12.0. The average Bonchev–Trinajstić information content (AvgIpc) is 2.43. The predicted molar refractivity (Wildman–Crippen MR) is 97.4 cm³/mol. The topological polar surface area (TPSA) is 47.6 Å². The number of ether oxygens (including phenoxy) is 2. The fourth-order valence-electron chi connectivity index (χ4n) is 2.58. The Morgan fingerprint density at radius 1 is 1.21 bits per heavy atom. The van der Waals surface area contributed by atoms with Gasteiger partial charge in [-0.2, -0.15) is 0 Å². The number of rotatable bonds is 3. The lowest BCUT2D eigenvalue weighted by Gasteiger charge is -2.22. The number of hydrogen-bond acceptors (Lipinski definition) is 3. The second-order valence-electron chi connectivity index (χ2n) is 7.29. The van der Waals surface area contributed by atoms with Gasteiger partial charge in [-0.1, -0.05) is 19.1 Å². The van der Waals surface area contributed by atoms with Crippen LogP contribution in [0.5, 0.6) is 5.75 Å². The molecule has 0 bridgehead atoms. The minimum absolute atomic E-state index is 0.371. The van der Waals surface area contributed by atoms with Crippen molar-refractivity contribution < 1.29 is 14.3 Å². The lowest BCUT2D eigenvalue weighted by atomic mass is 10.0. The Morgan fingerprint density at radius 3 is 2.38 bits per heavy atom. The average molecular weight is 329 g/mol. The van der Waals surface area contributed by atoms with Crippen molar-refractivity contribution in [2.24, 2.45) is 5.92 Å². The molecule has 1 aromatic rings. The maximum Gasteiger partial charge on any atom is 0.412 e. The number of anilines is 1. The van der Waals surface area contributed by atoms with E-state index in [-0.39, 0.29) is 0 Å². The van der Waals surface area contributed by atoms with Crippen molar-refractivity contribution in [1.82, 2.24) is 0 Å². The van der Waals surface area contributed by atoms with Gasteiger partial charge in [-0.05, 0) is 70.4 Å². The molecule has 1 unspecified atom stereocenters. The Balaban J connectivity index is 2.15. The zero-order chi connectivity index (χ0) is 17.9. The van der Waals surface area contributed by atoms with Gasteiger partial charge in [-0.15, -0.1) is 0 Å². The zero-order valence-corrected chi connectivity index (χ0v) is 15.4. The zero-order valence-electron chi connectivity index (χ0n) is 15.4. The van der Waals surface area contributed by atoms with E-state index in [4.69, 9.17) is 9.47 Å². The Kier molecular flexibility index (Phi) is 5.37. The Hall–Kier alpha value is -2.23. The molecule has 0 aromatic heterocycles. The van der Waals surface area contributed by atoms with Gasteiger partial charge in [0.2, 0.25) is 0 Å². The molecule has 24 heavy (non-hydrogen) atoms. The number of amides is 1. The summed E-state index contributed by atoms with van der Waals surface area (Å²) in [5, 5.41) is 2.83. The van der Waals surface area contributed by atoms with Gasteiger partial charge < -0.3 is 9.47 Å². The molecule has 130 valence electrons. The first-order valence-corrected chi connectivity index (χ1v) is 8.31. The highest BCUT2D eigenvalue weighted by molar-refractivity contribution is 5.87. The van der Waals surface area contributed by atoms with Gasteiger partial charge in [0, 0.05) is 5.92 Å². The first kappa shape index (κ1) is 18.1. The first-order chi connectivity index (χ1) is 11.2. The van der Waals surface area contributed by atoms with Gasteiger partial charge in [0.15, 0.2) is 0 Å². The van der Waals surface area contributed by atoms with E-state index in [0.717, 1.165) is 34.7 Å². The molecule has 0 heterocycles. The molecule has 1 atom stereocenters. The van der Waals surface area contributed by atoms with E-state index in [1.807, 2.05) is 58.9 Å². The number of hydrogen-bond donors (Lipinski definition) is 1. The van der Waals surface area contributed by atoms with E-state index in [0.29, 0.717) is 5.92 Å². The monoisotopic (exact) mass is 329 g/mol. The fourth-order valence-corrected chi connectivity index (χ4v) is 2.58. The van der Waals surface area contributed by atoms with Crippen molar-refractivity contribution in [2.45, 2.75) is 53.6 Å². The van der Waals surface area contributed by atoms with Crippen LogP contribution in [0.4, 0.5) is 10.5 Å². The van der Waals surface area contributed by atoms with Crippen molar-refractivity contribution in [3.05, 3.63) is 47.2 Å². The predicted octanol–water partition coefficient (Wildman–Crippen LogP) is 5.51. The summed E-state index contributed by atoms with van der Waals surface area (Å²) in [5.41, 5.74) is 2.12. The second-order valence-corrected chi connectivity index (χ2v) is 7.29. The molecule has 1 aliphatic rings. The number of aryl methyl sites for hydroxylation is 2. The van der Waals surface area contributed by atoms with Gasteiger partial charge in [0.25, 0.3) is 0 Å². The molecule has 0 fully saturated rings. The number of carbonyl (C=O) groups is 1. The van der Waals surface area contributed by atoms with E-state index in [2.05, 4.69) is 18.3 Å². The number of nitrogens with one attached hydrogen (secondary N) is 1. The van der Waals surface area contributed by atoms with E-state index in [9.17, 15) is 4.79 Å². The summed E-state index contributed by atoms with van der Waals surface area (Å²) in [6, 6.07) is 3.87. The Morgan fingerprint density at radius 2 is 1.83 bits per heavy atom. The van der Waals surface area contributed by atoms with E-state index < -0.39 is 11.7 Å². The van der Waals surface area contributed by atoms with Gasteiger partial charge in [-0.3, -0.25) is 5.32 Å². The van der Waals surface area contributed by atoms with Gasteiger partial charge in [0.05, 0.1) is 5.69 Å². The largest absolute Gasteiger partial charge is 0.461 e. The number of allylic oxidation sites excluding steroid dienone is 4. The molecule has 1 aromatic carbocycles. The van der Waals surface area contributed by atoms with E-state index in [1.54, 1.807) is 0 Å². The van der Waals surface area contributed by atoms with Gasteiger partial charge in [0.1, 0.15) is 17.1 Å². The van der Waals surface area contributed by atoms with Crippen LogP contribution in [0.25, 0.3) is 0 Å². The third-order valence-electron chi connectivity index (χ3n) is 3.74. The second kappa shape index (κ2) is 7.12. The molecular weight excluding hydrogens is 302 g/mol. The van der Waals surface area contributed by atoms with Crippen LogP contribution in [0.15, 0.2) is 36.1 Å². The summed E-state index contributed by atoms with van der Waals surface area (Å²) in [4.78, 5) is 12.0. The molecule has 0 aliphatic heterocycles. The van der Waals surface area contributed by atoms with E-state index in [1.165, 1.54) is 0 Å². The van der Waals surface area contributed by atoms with Crippen molar-refractivity contribution in [1.29, 1.82) is 0 Å². The Labute approximate surface area is 144 Å². The molecule has 1 aliphatic carbocycles. The minimum atomic E-state index is -0.522.